The number of ketones is 1. The first-order chi connectivity index (χ1) is 20.3. The van der Waals surface area contributed by atoms with Gasteiger partial charge in [0.2, 0.25) is 0 Å². The lowest BCUT2D eigenvalue weighted by molar-refractivity contribution is 0.0982. The van der Waals surface area contributed by atoms with Crippen LogP contribution in [-0.2, 0) is 22.1 Å². The minimum absolute atomic E-state index is 0.0414. The largest absolute Gasteiger partial charge is 0.319 e. The molecule has 0 aliphatic carbocycles. The molecule has 0 atom stereocenters. The van der Waals surface area contributed by atoms with E-state index >= 15 is 0 Å². The Morgan fingerprint density at radius 3 is 2.19 bits per heavy atom. The van der Waals surface area contributed by atoms with Crippen molar-refractivity contribution in [2.24, 2.45) is 0 Å². The molecular weight excluding hydrogens is 603 g/mol. The number of imidazole rings is 1. The number of hydrogen-bond acceptors (Lipinski definition) is 4. The SMILES string of the molecule is CC(C)(C)c1ccc2nc(-c3ccc(-c4ccc(Cl)cc4Cl)cc3)n(Cc3ccc(C(=O)CCCS(=O)(=O)O)cc3)c2c1. The average Bonchev–Trinajstić information content (AvgIpc) is 3.30. The second-order valence-electron chi connectivity index (χ2n) is 11.7. The zero-order chi connectivity index (χ0) is 30.9. The molecule has 5 aromatic rings. The number of carbonyl (C=O) groups is 1. The predicted octanol–water partition coefficient (Wildman–Crippen LogP) is 8.87. The van der Waals surface area contributed by atoms with Gasteiger partial charge in [-0.15, -0.1) is 0 Å². The molecule has 222 valence electrons. The van der Waals surface area contributed by atoms with Gasteiger partial charge in [-0.05, 0) is 52.8 Å². The summed E-state index contributed by atoms with van der Waals surface area (Å²) >= 11 is 12.5. The molecule has 0 fully saturated rings. The molecule has 0 unspecified atom stereocenters. The Morgan fingerprint density at radius 2 is 1.56 bits per heavy atom. The van der Waals surface area contributed by atoms with Crippen molar-refractivity contribution in [3.05, 3.63) is 112 Å². The summed E-state index contributed by atoms with van der Waals surface area (Å²) < 4.78 is 33.1. The molecule has 0 amide bonds. The molecule has 1 aromatic heterocycles. The lowest BCUT2D eigenvalue weighted by Crippen LogP contribution is -2.11. The molecule has 1 heterocycles. The summed E-state index contributed by atoms with van der Waals surface area (Å²) in [5.41, 5.74) is 7.37. The van der Waals surface area contributed by atoms with E-state index in [4.69, 9.17) is 32.7 Å². The minimum Gasteiger partial charge on any atom is -0.319 e. The van der Waals surface area contributed by atoms with Crippen molar-refractivity contribution in [2.75, 3.05) is 5.75 Å². The maximum Gasteiger partial charge on any atom is 0.264 e. The Bertz CT molecular complexity index is 1910. The lowest BCUT2D eigenvalue weighted by atomic mass is 9.87. The number of rotatable bonds is 9. The van der Waals surface area contributed by atoms with Crippen molar-refractivity contribution in [3.63, 3.8) is 0 Å². The van der Waals surface area contributed by atoms with Crippen LogP contribution in [0, 0.1) is 0 Å². The third kappa shape index (κ3) is 7.36. The number of halogens is 2. The predicted molar refractivity (Wildman–Crippen MR) is 175 cm³/mol. The summed E-state index contributed by atoms with van der Waals surface area (Å²) in [4.78, 5) is 17.6. The average molecular weight is 636 g/mol. The Hall–Kier alpha value is -3.49. The summed E-state index contributed by atoms with van der Waals surface area (Å²) in [6, 6.07) is 27.3. The molecule has 43 heavy (non-hydrogen) atoms. The second kappa shape index (κ2) is 12.2. The number of nitrogens with zero attached hydrogens (tertiary/aromatic N) is 2. The molecule has 0 radical (unpaired) electrons. The van der Waals surface area contributed by atoms with Crippen LogP contribution >= 0.6 is 23.2 Å². The molecule has 9 heteroatoms. The van der Waals surface area contributed by atoms with Crippen LogP contribution in [0.1, 0.15) is 55.1 Å². The van der Waals surface area contributed by atoms with Gasteiger partial charge < -0.3 is 4.57 Å². The number of aromatic nitrogens is 2. The van der Waals surface area contributed by atoms with Crippen molar-refractivity contribution in [1.82, 2.24) is 9.55 Å². The van der Waals surface area contributed by atoms with Gasteiger partial charge in [-0.3, -0.25) is 9.35 Å². The number of fused-ring (bicyclic) bond motifs is 1. The van der Waals surface area contributed by atoms with E-state index in [1.54, 1.807) is 18.2 Å². The van der Waals surface area contributed by atoms with Gasteiger partial charge in [0.1, 0.15) is 5.82 Å². The summed E-state index contributed by atoms with van der Waals surface area (Å²) in [5, 5.41) is 1.17. The van der Waals surface area contributed by atoms with Crippen LogP contribution < -0.4 is 0 Å². The van der Waals surface area contributed by atoms with Crippen LogP contribution in [0.3, 0.4) is 0 Å². The maximum atomic E-state index is 12.6. The van der Waals surface area contributed by atoms with Gasteiger partial charge in [0.15, 0.2) is 5.78 Å². The monoisotopic (exact) mass is 634 g/mol. The van der Waals surface area contributed by atoms with Gasteiger partial charge in [0.25, 0.3) is 10.1 Å². The van der Waals surface area contributed by atoms with Crippen LogP contribution in [0.25, 0.3) is 33.5 Å². The van der Waals surface area contributed by atoms with E-state index in [1.165, 1.54) is 5.56 Å². The zero-order valence-corrected chi connectivity index (χ0v) is 26.5. The van der Waals surface area contributed by atoms with E-state index < -0.39 is 15.9 Å². The third-order valence-electron chi connectivity index (χ3n) is 7.42. The molecular formula is C34H32Cl2N2O4S. The van der Waals surface area contributed by atoms with Gasteiger partial charge in [0, 0.05) is 39.7 Å². The zero-order valence-electron chi connectivity index (χ0n) is 24.1. The topological polar surface area (TPSA) is 89.3 Å². The van der Waals surface area contributed by atoms with Crippen LogP contribution in [0.5, 0.6) is 0 Å². The standard InChI is InChI=1S/C34H32Cl2N2O4S/c1-34(2,3)26-14-17-30-31(19-26)38(21-22-6-8-24(9-7-22)32(39)5-4-18-43(40,41)42)33(37-30)25-12-10-23(11-13-25)28-16-15-27(35)20-29(28)36/h6-17,19-20H,4-5,18,21H2,1-3H3,(H,40,41,42). The quantitative estimate of drug-likeness (QED) is 0.129. The highest BCUT2D eigenvalue weighted by Crippen LogP contribution is 2.34. The molecule has 0 saturated carbocycles. The number of carbonyl (C=O) groups excluding carboxylic acids is 1. The van der Waals surface area contributed by atoms with Crippen molar-refractivity contribution < 1.29 is 17.8 Å². The van der Waals surface area contributed by atoms with E-state index in [0.717, 1.165) is 39.1 Å². The van der Waals surface area contributed by atoms with Crippen molar-refractivity contribution in [2.45, 2.75) is 45.6 Å². The molecule has 0 saturated heterocycles. The third-order valence-corrected chi connectivity index (χ3v) is 8.77. The van der Waals surface area contributed by atoms with E-state index in [-0.39, 0.29) is 24.0 Å². The van der Waals surface area contributed by atoms with Crippen LogP contribution in [0.4, 0.5) is 0 Å². The second-order valence-corrected chi connectivity index (χ2v) is 14.1. The van der Waals surface area contributed by atoms with Crippen molar-refractivity contribution in [3.8, 4) is 22.5 Å². The number of Topliss-reactive ketones (excluding diaryl/α,β-unsaturated/α-hetero) is 1. The highest BCUT2D eigenvalue weighted by atomic mass is 35.5. The van der Waals surface area contributed by atoms with E-state index in [0.29, 0.717) is 22.2 Å². The smallest absolute Gasteiger partial charge is 0.264 e. The molecule has 0 bridgehead atoms. The van der Waals surface area contributed by atoms with Gasteiger partial charge in [-0.2, -0.15) is 8.42 Å². The first-order valence-corrected chi connectivity index (χ1v) is 16.3. The fourth-order valence-corrected chi connectivity index (χ4v) is 6.06. The van der Waals surface area contributed by atoms with Crippen molar-refractivity contribution >= 4 is 50.1 Å². The molecule has 5 rings (SSSR count). The van der Waals surface area contributed by atoms with E-state index in [2.05, 4.69) is 43.5 Å². The van der Waals surface area contributed by atoms with Crippen LogP contribution in [0.15, 0.2) is 84.9 Å². The van der Waals surface area contributed by atoms with E-state index in [9.17, 15) is 13.2 Å². The molecule has 6 nitrogen and oxygen atoms in total. The fraction of sp³-hybridized carbons (Fsp3) is 0.235. The first-order valence-electron chi connectivity index (χ1n) is 13.9. The lowest BCUT2D eigenvalue weighted by Gasteiger charge is -2.19. The summed E-state index contributed by atoms with van der Waals surface area (Å²) in [6.45, 7) is 7.08. The Morgan fingerprint density at radius 1 is 0.884 bits per heavy atom. The molecule has 0 aliphatic heterocycles. The van der Waals surface area contributed by atoms with Gasteiger partial charge >= 0.3 is 0 Å². The van der Waals surface area contributed by atoms with Gasteiger partial charge in [0.05, 0.1) is 16.8 Å². The summed E-state index contributed by atoms with van der Waals surface area (Å²) in [6.07, 6.45) is 0.116. The van der Waals surface area contributed by atoms with Gasteiger partial charge in [-0.1, -0.05) is 105 Å². The van der Waals surface area contributed by atoms with Crippen LogP contribution in [0.2, 0.25) is 10.0 Å². The molecule has 4 aromatic carbocycles. The summed E-state index contributed by atoms with van der Waals surface area (Å²) in [5.74, 6) is 0.220. The highest BCUT2D eigenvalue weighted by molar-refractivity contribution is 7.85. The van der Waals surface area contributed by atoms with Crippen LogP contribution in [-0.4, -0.2) is 34.1 Å². The Balaban J connectivity index is 1.49. The fourth-order valence-electron chi connectivity index (χ4n) is 5.03. The van der Waals surface area contributed by atoms with E-state index in [1.807, 2.05) is 48.5 Å². The Kier molecular flexibility index (Phi) is 8.82. The Labute approximate surface area is 262 Å². The molecule has 0 spiro atoms. The van der Waals surface area contributed by atoms with Gasteiger partial charge in [-0.25, -0.2) is 4.98 Å². The molecule has 1 N–H and O–H groups in total. The number of hydrogen-bond donors (Lipinski definition) is 1. The highest BCUT2D eigenvalue weighted by Gasteiger charge is 2.19. The summed E-state index contributed by atoms with van der Waals surface area (Å²) in [7, 11) is -4.09. The first kappa shape index (κ1) is 31.0. The molecule has 0 aliphatic rings. The maximum absolute atomic E-state index is 12.6. The van der Waals surface area contributed by atoms with Crippen molar-refractivity contribution in [1.29, 1.82) is 0 Å². The number of benzene rings is 4. The normalized spacial score (nSPS) is 12.1. The minimum atomic E-state index is -4.09.